The fraction of sp³-hybridized carbons (Fsp3) is 0.409. The van der Waals surface area contributed by atoms with E-state index in [0.29, 0.717) is 16.8 Å². The highest BCUT2D eigenvalue weighted by Gasteiger charge is 2.37. The van der Waals surface area contributed by atoms with E-state index in [2.05, 4.69) is 39.1 Å². The summed E-state index contributed by atoms with van der Waals surface area (Å²) < 4.78 is 13.7. The number of halogens is 1. The normalized spacial score (nSPS) is 17.7. The highest BCUT2D eigenvalue weighted by molar-refractivity contribution is 6.04. The van der Waals surface area contributed by atoms with Gasteiger partial charge in [-0.1, -0.05) is 39.8 Å². The third-order valence-corrected chi connectivity index (χ3v) is 5.54. The highest BCUT2D eigenvalue weighted by Crippen LogP contribution is 2.45. The molecule has 1 aliphatic rings. The minimum atomic E-state index is -0.314. The van der Waals surface area contributed by atoms with Crippen LogP contribution in [0, 0.1) is 12.7 Å². The summed E-state index contributed by atoms with van der Waals surface area (Å²) in [5, 5.41) is 2.80. The Morgan fingerprint density at radius 2 is 1.60 bits per heavy atom. The minimum absolute atomic E-state index is 0.0527. The fourth-order valence-corrected chi connectivity index (χ4v) is 3.60. The molecule has 0 radical (unpaired) electrons. The Labute approximate surface area is 149 Å². The van der Waals surface area contributed by atoms with Gasteiger partial charge in [-0.05, 0) is 71.6 Å². The van der Waals surface area contributed by atoms with Crippen molar-refractivity contribution in [2.45, 2.75) is 58.3 Å². The third kappa shape index (κ3) is 3.33. The average molecular weight is 339 g/mol. The van der Waals surface area contributed by atoms with Crippen LogP contribution in [-0.4, -0.2) is 5.91 Å². The number of nitrogens with one attached hydrogen (secondary N) is 1. The number of hydrogen-bond donors (Lipinski definition) is 1. The van der Waals surface area contributed by atoms with Gasteiger partial charge in [-0.2, -0.15) is 0 Å². The minimum Gasteiger partial charge on any atom is -0.322 e. The van der Waals surface area contributed by atoms with Crippen molar-refractivity contribution in [3.63, 3.8) is 0 Å². The van der Waals surface area contributed by atoms with Gasteiger partial charge in [0.25, 0.3) is 5.91 Å². The molecule has 0 heterocycles. The molecule has 2 aromatic carbocycles. The van der Waals surface area contributed by atoms with Gasteiger partial charge in [0, 0.05) is 11.3 Å². The van der Waals surface area contributed by atoms with E-state index < -0.39 is 0 Å². The molecule has 0 aromatic heterocycles. The lowest BCUT2D eigenvalue weighted by atomic mass is 9.63. The van der Waals surface area contributed by atoms with Crippen LogP contribution in [0.2, 0.25) is 0 Å². The van der Waals surface area contributed by atoms with Crippen molar-refractivity contribution in [3.8, 4) is 0 Å². The monoisotopic (exact) mass is 339 g/mol. The lowest BCUT2D eigenvalue weighted by Gasteiger charge is -2.42. The van der Waals surface area contributed by atoms with Crippen LogP contribution in [0.3, 0.4) is 0 Å². The van der Waals surface area contributed by atoms with E-state index in [4.69, 9.17) is 0 Å². The number of carbonyl (C=O) groups is 1. The Morgan fingerprint density at radius 1 is 0.960 bits per heavy atom. The molecule has 1 aliphatic carbocycles. The Balaban J connectivity index is 1.93. The molecule has 1 N–H and O–H groups in total. The molecule has 1 amide bonds. The predicted molar refractivity (Wildman–Crippen MR) is 101 cm³/mol. The zero-order valence-electron chi connectivity index (χ0n) is 15.7. The maximum Gasteiger partial charge on any atom is 0.255 e. The van der Waals surface area contributed by atoms with E-state index in [1.165, 1.54) is 17.2 Å². The van der Waals surface area contributed by atoms with E-state index in [9.17, 15) is 9.18 Å². The molecule has 0 unspecified atom stereocenters. The van der Waals surface area contributed by atoms with Gasteiger partial charge in [-0.3, -0.25) is 4.79 Å². The molecule has 0 saturated carbocycles. The molecule has 0 fully saturated rings. The molecule has 132 valence electrons. The van der Waals surface area contributed by atoms with Gasteiger partial charge in [0.05, 0.1) is 0 Å². The third-order valence-electron chi connectivity index (χ3n) is 5.54. The number of rotatable bonds is 2. The van der Waals surface area contributed by atoms with Gasteiger partial charge in [0.15, 0.2) is 0 Å². The van der Waals surface area contributed by atoms with E-state index in [0.717, 1.165) is 12.8 Å². The first-order valence-corrected chi connectivity index (χ1v) is 8.83. The number of hydrogen-bond acceptors (Lipinski definition) is 1. The first kappa shape index (κ1) is 17.7. The summed E-state index contributed by atoms with van der Waals surface area (Å²) in [6.45, 7) is 10.7. The van der Waals surface area contributed by atoms with Crippen LogP contribution >= 0.6 is 0 Å². The standard InChI is InChI=1S/C22H26FNO/c1-14-6-8-16(13-19(14)23)24-20(25)15-7-9-17-18(12-15)22(4,5)11-10-21(17,2)3/h6-9,12-13H,10-11H2,1-5H3,(H,24,25). The van der Waals surface area contributed by atoms with Gasteiger partial charge in [0.1, 0.15) is 5.82 Å². The number of benzene rings is 2. The van der Waals surface area contributed by atoms with E-state index in [1.807, 2.05) is 12.1 Å². The van der Waals surface area contributed by atoms with E-state index in [-0.39, 0.29) is 22.6 Å². The second kappa shape index (κ2) is 5.98. The van der Waals surface area contributed by atoms with Crippen molar-refractivity contribution in [2.75, 3.05) is 5.32 Å². The van der Waals surface area contributed by atoms with Crippen LogP contribution < -0.4 is 5.32 Å². The molecule has 0 aliphatic heterocycles. The molecule has 2 nitrogen and oxygen atoms in total. The molecule has 0 spiro atoms. The van der Waals surface area contributed by atoms with E-state index in [1.54, 1.807) is 19.1 Å². The number of fused-ring (bicyclic) bond motifs is 1. The molecule has 2 aromatic rings. The zero-order chi connectivity index (χ0) is 18.4. The molecule has 3 rings (SSSR count). The molecular weight excluding hydrogens is 313 g/mol. The summed E-state index contributed by atoms with van der Waals surface area (Å²) in [7, 11) is 0. The van der Waals surface area contributed by atoms with Crippen molar-refractivity contribution in [3.05, 3.63) is 64.5 Å². The number of anilines is 1. The molecule has 25 heavy (non-hydrogen) atoms. The zero-order valence-corrected chi connectivity index (χ0v) is 15.7. The summed E-state index contributed by atoms with van der Waals surface area (Å²) >= 11 is 0. The summed E-state index contributed by atoms with van der Waals surface area (Å²) in [6, 6.07) is 10.7. The average Bonchev–Trinajstić information content (AvgIpc) is 2.55. The first-order chi connectivity index (χ1) is 11.6. The lowest BCUT2D eigenvalue weighted by Crippen LogP contribution is -2.34. The van der Waals surface area contributed by atoms with Gasteiger partial charge in [-0.25, -0.2) is 4.39 Å². The van der Waals surface area contributed by atoms with Crippen molar-refractivity contribution >= 4 is 11.6 Å². The second-order valence-corrected chi connectivity index (χ2v) is 8.45. The summed E-state index contributed by atoms with van der Waals surface area (Å²) in [5.41, 5.74) is 4.40. The van der Waals surface area contributed by atoms with Crippen LogP contribution in [-0.2, 0) is 10.8 Å². The molecule has 0 bridgehead atoms. The second-order valence-electron chi connectivity index (χ2n) is 8.45. The molecular formula is C22H26FNO. The van der Waals surface area contributed by atoms with Crippen LogP contribution in [0.15, 0.2) is 36.4 Å². The number of carbonyl (C=O) groups excluding carboxylic acids is 1. The quantitative estimate of drug-likeness (QED) is 0.743. The summed E-state index contributed by atoms with van der Waals surface area (Å²) in [5.74, 6) is -0.517. The van der Waals surface area contributed by atoms with Crippen LogP contribution in [0.5, 0.6) is 0 Å². The smallest absolute Gasteiger partial charge is 0.255 e. The Bertz CT molecular complexity index is 836. The van der Waals surface area contributed by atoms with Crippen LogP contribution in [0.1, 0.15) is 67.6 Å². The van der Waals surface area contributed by atoms with Crippen LogP contribution in [0.4, 0.5) is 10.1 Å². The van der Waals surface area contributed by atoms with Crippen molar-refractivity contribution in [2.24, 2.45) is 0 Å². The lowest BCUT2D eigenvalue weighted by molar-refractivity contribution is 0.102. The topological polar surface area (TPSA) is 29.1 Å². The SMILES string of the molecule is Cc1ccc(NC(=O)c2ccc3c(c2)C(C)(C)CCC3(C)C)cc1F. The van der Waals surface area contributed by atoms with Gasteiger partial charge in [0.2, 0.25) is 0 Å². The fourth-order valence-electron chi connectivity index (χ4n) is 3.60. The molecule has 0 saturated heterocycles. The Hall–Kier alpha value is -2.16. The summed E-state index contributed by atoms with van der Waals surface area (Å²) in [4.78, 5) is 12.6. The van der Waals surface area contributed by atoms with Crippen LogP contribution in [0.25, 0.3) is 0 Å². The Morgan fingerprint density at radius 3 is 2.24 bits per heavy atom. The number of amides is 1. The first-order valence-electron chi connectivity index (χ1n) is 8.83. The van der Waals surface area contributed by atoms with Gasteiger partial charge in [-0.15, -0.1) is 0 Å². The van der Waals surface area contributed by atoms with Crippen molar-refractivity contribution in [1.29, 1.82) is 0 Å². The molecule has 0 atom stereocenters. The number of aryl methyl sites for hydroxylation is 1. The Kier molecular flexibility index (Phi) is 4.22. The maximum atomic E-state index is 13.7. The van der Waals surface area contributed by atoms with Gasteiger partial charge < -0.3 is 5.32 Å². The van der Waals surface area contributed by atoms with Gasteiger partial charge >= 0.3 is 0 Å². The highest BCUT2D eigenvalue weighted by atomic mass is 19.1. The van der Waals surface area contributed by atoms with Crippen molar-refractivity contribution < 1.29 is 9.18 Å². The van der Waals surface area contributed by atoms with Crippen molar-refractivity contribution in [1.82, 2.24) is 0 Å². The van der Waals surface area contributed by atoms with E-state index >= 15 is 0 Å². The predicted octanol–water partition coefficient (Wildman–Crippen LogP) is 5.74. The maximum absolute atomic E-state index is 13.7. The summed E-state index contributed by atoms with van der Waals surface area (Å²) in [6.07, 6.45) is 2.24. The largest absolute Gasteiger partial charge is 0.322 e. The molecule has 3 heteroatoms.